The number of amides is 2. The van der Waals surface area contributed by atoms with Crippen LogP contribution in [0, 0.1) is 0 Å². The van der Waals surface area contributed by atoms with Crippen LogP contribution >= 0.6 is 0 Å². The molecule has 0 unspecified atom stereocenters. The van der Waals surface area contributed by atoms with E-state index in [1.807, 2.05) is 42.5 Å². The van der Waals surface area contributed by atoms with Gasteiger partial charge in [0.1, 0.15) is 5.75 Å². The molecule has 0 aliphatic heterocycles. The fraction of sp³-hybridized carbons (Fsp3) is 0.0588. The maximum Gasteiger partial charge on any atom is 0.326 e. The van der Waals surface area contributed by atoms with Crippen LogP contribution in [-0.2, 0) is 0 Å². The number of carbonyl (C=O) groups is 1. The van der Waals surface area contributed by atoms with Crippen molar-refractivity contribution in [2.75, 3.05) is 17.7 Å². The third-order valence-electron chi connectivity index (χ3n) is 3.23. The molecule has 0 saturated heterocycles. The maximum atomic E-state index is 12.0. The van der Waals surface area contributed by atoms with Gasteiger partial charge in [0.25, 0.3) is 0 Å². The summed E-state index contributed by atoms with van der Waals surface area (Å²) in [4.78, 5) is 12.0. The highest BCUT2D eigenvalue weighted by molar-refractivity contribution is 6.00. The molecule has 0 radical (unpaired) electrons. The number of hydrogen-bond acceptors (Lipinski definition) is 4. The first-order chi connectivity index (χ1) is 11.3. The van der Waals surface area contributed by atoms with Crippen LogP contribution in [0.1, 0.15) is 0 Å². The zero-order valence-electron chi connectivity index (χ0n) is 12.4. The molecule has 0 aliphatic carbocycles. The number of methoxy groups -OCH3 is 1. The molecule has 2 amide bonds. The van der Waals surface area contributed by atoms with Crippen LogP contribution in [0.5, 0.6) is 5.75 Å². The van der Waals surface area contributed by atoms with Crippen LogP contribution in [0.2, 0.25) is 0 Å². The Morgan fingerprint density at radius 1 is 1.04 bits per heavy atom. The standard InChI is InChI=1S/C17H15N3O3/c1-22-14-9-7-12(8-10-14)15-11-18-23-16(15)20-17(21)19-13-5-3-2-4-6-13/h2-11H,1H3,(H2,19,20,21). The van der Waals surface area contributed by atoms with Crippen molar-refractivity contribution in [1.82, 2.24) is 5.16 Å². The first-order valence-corrected chi connectivity index (χ1v) is 6.98. The van der Waals surface area contributed by atoms with Gasteiger partial charge < -0.3 is 14.6 Å². The third kappa shape index (κ3) is 3.49. The minimum absolute atomic E-state index is 0.281. The Balaban J connectivity index is 1.74. The number of aromatic nitrogens is 1. The quantitative estimate of drug-likeness (QED) is 0.764. The lowest BCUT2D eigenvalue weighted by Crippen LogP contribution is -2.19. The van der Waals surface area contributed by atoms with Gasteiger partial charge in [-0.25, -0.2) is 4.79 Å². The number of anilines is 2. The predicted octanol–water partition coefficient (Wildman–Crippen LogP) is 3.99. The molecule has 0 atom stereocenters. The Morgan fingerprint density at radius 2 is 1.78 bits per heavy atom. The Morgan fingerprint density at radius 3 is 2.48 bits per heavy atom. The first kappa shape index (κ1) is 14.6. The predicted molar refractivity (Wildman–Crippen MR) is 87.6 cm³/mol. The second kappa shape index (κ2) is 6.65. The number of rotatable bonds is 4. The van der Waals surface area contributed by atoms with Crippen molar-refractivity contribution < 1.29 is 14.1 Å². The van der Waals surface area contributed by atoms with Gasteiger partial charge >= 0.3 is 6.03 Å². The third-order valence-corrected chi connectivity index (χ3v) is 3.23. The lowest BCUT2D eigenvalue weighted by molar-refractivity contribution is 0.261. The number of carbonyl (C=O) groups excluding carboxylic acids is 1. The Bertz CT molecular complexity index is 782. The summed E-state index contributed by atoms with van der Waals surface area (Å²) in [6.45, 7) is 0. The van der Waals surface area contributed by atoms with E-state index < -0.39 is 6.03 Å². The number of urea groups is 1. The van der Waals surface area contributed by atoms with Gasteiger partial charge in [-0.1, -0.05) is 35.5 Å². The molecular weight excluding hydrogens is 294 g/mol. The molecule has 6 heteroatoms. The number of benzene rings is 2. The summed E-state index contributed by atoms with van der Waals surface area (Å²) in [7, 11) is 1.61. The van der Waals surface area contributed by atoms with Gasteiger partial charge in [-0.2, -0.15) is 0 Å². The molecule has 1 heterocycles. The van der Waals surface area contributed by atoms with E-state index in [0.29, 0.717) is 11.3 Å². The van der Waals surface area contributed by atoms with E-state index in [9.17, 15) is 4.79 Å². The first-order valence-electron chi connectivity index (χ1n) is 6.98. The normalized spacial score (nSPS) is 10.1. The summed E-state index contributed by atoms with van der Waals surface area (Å²) >= 11 is 0. The largest absolute Gasteiger partial charge is 0.497 e. The molecular formula is C17H15N3O3. The van der Waals surface area contributed by atoms with Crippen LogP contribution in [0.3, 0.4) is 0 Å². The Kier molecular flexibility index (Phi) is 4.24. The van der Waals surface area contributed by atoms with Gasteiger partial charge in [0.15, 0.2) is 0 Å². The summed E-state index contributed by atoms with van der Waals surface area (Å²) in [6.07, 6.45) is 1.56. The summed E-state index contributed by atoms with van der Waals surface area (Å²) in [5.74, 6) is 1.03. The number of ether oxygens (including phenoxy) is 1. The van der Waals surface area contributed by atoms with Gasteiger partial charge in [0.2, 0.25) is 5.88 Å². The zero-order chi connectivity index (χ0) is 16.1. The molecule has 116 valence electrons. The van der Waals surface area contributed by atoms with Crippen LogP contribution in [0.4, 0.5) is 16.4 Å². The fourth-order valence-corrected chi connectivity index (χ4v) is 2.09. The molecule has 3 aromatic rings. The van der Waals surface area contributed by atoms with Gasteiger partial charge in [-0.3, -0.25) is 5.32 Å². The molecule has 1 aromatic heterocycles. The van der Waals surface area contributed by atoms with Crippen LogP contribution in [0.25, 0.3) is 11.1 Å². The number of hydrogen-bond donors (Lipinski definition) is 2. The molecule has 0 fully saturated rings. The van der Waals surface area contributed by atoms with Crippen LogP contribution in [0.15, 0.2) is 65.3 Å². The van der Waals surface area contributed by atoms with Crippen molar-refractivity contribution in [3.05, 3.63) is 60.8 Å². The van der Waals surface area contributed by atoms with E-state index >= 15 is 0 Å². The lowest BCUT2D eigenvalue weighted by Gasteiger charge is -2.07. The zero-order valence-corrected chi connectivity index (χ0v) is 12.4. The Hall–Kier alpha value is -3.28. The maximum absolute atomic E-state index is 12.0. The van der Waals surface area contributed by atoms with E-state index in [1.165, 1.54) is 0 Å². The molecule has 0 spiro atoms. The average molecular weight is 309 g/mol. The molecule has 23 heavy (non-hydrogen) atoms. The lowest BCUT2D eigenvalue weighted by atomic mass is 10.1. The van der Waals surface area contributed by atoms with E-state index in [0.717, 1.165) is 11.3 Å². The molecule has 2 aromatic carbocycles. The van der Waals surface area contributed by atoms with Gasteiger partial charge in [-0.05, 0) is 29.8 Å². The minimum atomic E-state index is -0.400. The second-order valence-electron chi connectivity index (χ2n) is 4.74. The van der Waals surface area contributed by atoms with E-state index in [2.05, 4.69) is 15.8 Å². The highest BCUT2D eigenvalue weighted by Crippen LogP contribution is 2.29. The summed E-state index contributed by atoms with van der Waals surface area (Å²) < 4.78 is 10.3. The smallest absolute Gasteiger partial charge is 0.326 e. The number of nitrogens with one attached hydrogen (secondary N) is 2. The fourth-order valence-electron chi connectivity index (χ4n) is 2.09. The SMILES string of the molecule is COc1ccc(-c2cnoc2NC(=O)Nc2ccccc2)cc1. The van der Waals surface area contributed by atoms with Crippen molar-refractivity contribution in [2.24, 2.45) is 0 Å². The summed E-state index contributed by atoms with van der Waals surface area (Å²) in [5.41, 5.74) is 2.24. The van der Waals surface area contributed by atoms with Crippen LogP contribution in [-0.4, -0.2) is 18.3 Å². The molecule has 3 rings (SSSR count). The average Bonchev–Trinajstić information content (AvgIpc) is 3.03. The Labute approximate surface area is 133 Å². The number of nitrogens with zero attached hydrogens (tertiary/aromatic N) is 1. The molecule has 0 aliphatic rings. The molecule has 2 N–H and O–H groups in total. The van der Waals surface area contributed by atoms with Crippen molar-refractivity contribution in [2.45, 2.75) is 0 Å². The van der Waals surface area contributed by atoms with E-state index in [-0.39, 0.29) is 5.88 Å². The van der Waals surface area contributed by atoms with Crippen molar-refractivity contribution >= 4 is 17.6 Å². The summed E-state index contributed by atoms with van der Waals surface area (Å²) in [5, 5.41) is 9.13. The molecule has 6 nitrogen and oxygen atoms in total. The van der Waals surface area contributed by atoms with Crippen molar-refractivity contribution in [1.29, 1.82) is 0 Å². The van der Waals surface area contributed by atoms with Gasteiger partial charge in [0.05, 0.1) is 18.9 Å². The molecule has 0 saturated carbocycles. The highest BCUT2D eigenvalue weighted by Gasteiger charge is 2.13. The number of para-hydroxylation sites is 1. The topological polar surface area (TPSA) is 76.4 Å². The minimum Gasteiger partial charge on any atom is -0.497 e. The van der Waals surface area contributed by atoms with Crippen molar-refractivity contribution in [3.63, 3.8) is 0 Å². The van der Waals surface area contributed by atoms with Crippen molar-refractivity contribution in [3.8, 4) is 16.9 Å². The highest BCUT2D eigenvalue weighted by atomic mass is 16.5. The van der Waals surface area contributed by atoms with E-state index in [4.69, 9.17) is 9.26 Å². The molecule has 0 bridgehead atoms. The monoisotopic (exact) mass is 309 g/mol. The van der Waals surface area contributed by atoms with Gasteiger partial charge in [0, 0.05) is 5.69 Å². The second-order valence-corrected chi connectivity index (χ2v) is 4.74. The van der Waals surface area contributed by atoms with E-state index in [1.54, 1.807) is 25.4 Å². The van der Waals surface area contributed by atoms with Crippen LogP contribution < -0.4 is 15.4 Å². The summed E-state index contributed by atoms with van der Waals surface area (Å²) in [6, 6.07) is 16.1. The van der Waals surface area contributed by atoms with Gasteiger partial charge in [-0.15, -0.1) is 0 Å².